The molecule has 4 N–H and O–H groups in total. The number of carbonyl (C=O) groups is 2. The van der Waals surface area contributed by atoms with Gasteiger partial charge in [-0.2, -0.15) is 0 Å². The summed E-state index contributed by atoms with van der Waals surface area (Å²) < 4.78 is 0. The average Bonchev–Trinajstić information content (AvgIpc) is 2.68. The summed E-state index contributed by atoms with van der Waals surface area (Å²) in [4.78, 5) is 21.9. The summed E-state index contributed by atoms with van der Waals surface area (Å²) in [5, 5.41) is 5.28. The Balaban J connectivity index is 2.34. The Labute approximate surface area is 96.1 Å². The van der Waals surface area contributed by atoms with Gasteiger partial charge in [-0.15, -0.1) is 0 Å². The molecule has 0 aromatic carbocycles. The van der Waals surface area contributed by atoms with E-state index in [2.05, 4.69) is 17.6 Å². The summed E-state index contributed by atoms with van der Waals surface area (Å²) in [7, 11) is 0. The second-order valence-electron chi connectivity index (χ2n) is 4.58. The van der Waals surface area contributed by atoms with Crippen LogP contribution < -0.4 is 16.4 Å². The van der Waals surface area contributed by atoms with E-state index >= 15 is 0 Å². The van der Waals surface area contributed by atoms with Crippen LogP contribution in [0.25, 0.3) is 0 Å². The fourth-order valence-electron chi connectivity index (χ4n) is 2.29. The van der Waals surface area contributed by atoms with Crippen LogP contribution in [0.4, 0.5) is 4.79 Å². The van der Waals surface area contributed by atoms with Crippen LogP contribution in [0.3, 0.4) is 0 Å². The summed E-state index contributed by atoms with van der Waals surface area (Å²) in [5.74, 6) is 0.279. The average molecular weight is 227 g/mol. The highest BCUT2D eigenvalue weighted by Gasteiger charge is 2.24. The van der Waals surface area contributed by atoms with Gasteiger partial charge in [0.15, 0.2) is 0 Å². The second kappa shape index (κ2) is 5.84. The maximum absolute atomic E-state index is 11.4. The number of carbonyl (C=O) groups excluding carboxylic acids is 2. The van der Waals surface area contributed by atoms with Crippen molar-refractivity contribution in [3.8, 4) is 0 Å². The van der Waals surface area contributed by atoms with Crippen LogP contribution in [0.5, 0.6) is 0 Å². The standard InChI is InChI=1S/C11H21N3O2/c1-7(9-5-3-4-6-9)13-8(2)10(15)14-11(12)16/h7-9,13H,3-6H2,1-2H3,(H3,12,14,15,16). The Morgan fingerprint density at radius 3 is 2.31 bits per heavy atom. The molecule has 0 aliphatic heterocycles. The van der Waals surface area contributed by atoms with E-state index < -0.39 is 6.03 Å². The van der Waals surface area contributed by atoms with Crippen LogP contribution >= 0.6 is 0 Å². The molecule has 3 amide bonds. The van der Waals surface area contributed by atoms with Crippen molar-refractivity contribution in [1.29, 1.82) is 0 Å². The fraction of sp³-hybridized carbons (Fsp3) is 0.818. The van der Waals surface area contributed by atoms with Crippen molar-refractivity contribution in [3.63, 3.8) is 0 Å². The van der Waals surface area contributed by atoms with Gasteiger partial charge in [-0.1, -0.05) is 12.8 Å². The molecule has 0 radical (unpaired) electrons. The smallest absolute Gasteiger partial charge is 0.318 e. The normalized spacial score (nSPS) is 20.4. The van der Waals surface area contributed by atoms with Crippen molar-refractivity contribution in [1.82, 2.24) is 10.6 Å². The Morgan fingerprint density at radius 2 is 1.81 bits per heavy atom. The molecule has 5 heteroatoms. The summed E-state index contributed by atoms with van der Waals surface area (Å²) in [6.45, 7) is 3.83. The summed E-state index contributed by atoms with van der Waals surface area (Å²) in [6, 6.07) is -0.883. The molecule has 1 aliphatic carbocycles. The largest absolute Gasteiger partial charge is 0.351 e. The van der Waals surface area contributed by atoms with E-state index in [9.17, 15) is 9.59 Å². The molecule has 2 atom stereocenters. The monoisotopic (exact) mass is 227 g/mol. The van der Waals surface area contributed by atoms with Crippen molar-refractivity contribution in [2.75, 3.05) is 0 Å². The molecule has 1 rings (SSSR count). The first-order valence-electron chi connectivity index (χ1n) is 5.87. The molecule has 0 aromatic rings. The number of urea groups is 1. The van der Waals surface area contributed by atoms with Gasteiger partial charge in [-0.3, -0.25) is 10.1 Å². The van der Waals surface area contributed by atoms with Crippen LogP contribution in [0.1, 0.15) is 39.5 Å². The third-order valence-electron chi connectivity index (χ3n) is 3.26. The molecule has 0 aromatic heterocycles. The zero-order valence-corrected chi connectivity index (χ0v) is 9.95. The Bertz CT molecular complexity index is 262. The molecule has 1 saturated carbocycles. The lowest BCUT2D eigenvalue weighted by Gasteiger charge is -2.23. The minimum absolute atomic E-state index is 0.302. The van der Waals surface area contributed by atoms with Gasteiger partial charge in [-0.25, -0.2) is 4.79 Å². The molecule has 1 fully saturated rings. The van der Waals surface area contributed by atoms with Crippen LogP contribution in [0.2, 0.25) is 0 Å². The van der Waals surface area contributed by atoms with E-state index in [0.29, 0.717) is 12.0 Å². The third-order valence-corrected chi connectivity index (χ3v) is 3.26. The summed E-state index contributed by atoms with van der Waals surface area (Å²) in [6.07, 6.45) is 4.99. The lowest BCUT2D eigenvalue weighted by atomic mass is 9.99. The first-order valence-corrected chi connectivity index (χ1v) is 5.87. The quantitative estimate of drug-likeness (QED) is 0.662. The Kier molecular flexibility index (Phi) is 4.73. The molecule has 0 saturated heterocycles. The number of nitrogens with one attached hydrogen (secondary N) is 2. The number of rotatable bonds is 4. The van der Waals surface area contributed by atoms with Crippen molar-refractivity contribution >= 4 is 11.9 Å². The van der Waals surface area contributed by atoms with E-state index in [1.54, 1.807) is 6.92 Å². The molecule has 92 valence electrons. The van der Waals surface area contributed by atoms with Crippen LogP contribution in [0.15, 0.2) is 0 Å². The number of hydrogen-bond acceptors (Lipinski definition) is 3. The predicted molar refractivity (Wildman–Crippen MR) is 61.7 cm³/mol. The van der Waals surface area contributed by atoms with Gasteiger partial charge in [0.05, 0.1) is 6.04 Å². The zero-order valence-electron chi connectivity index (χ0n) is 9.95. The highest BCUT2D eigenvalue weighted by atomic mass is 16.2. The minimum Gasteiger partial charge on any atom is -0.351 e. The summed E-state index contributed by atoms with van der Waals surface area (Å²) in [5.41, 5.74) is 4.89. The highest BCUT2D eigenvalue weighted by Crippen LogP contribution is 2.27. The molecule has 1 aliphatic rings. The SMILES string of the molecule is CC(NC(C)C1CCCC1)C(=O)NC(N)=O. The van der Waals surface area contributed by atoms with Crippen molar-refractivity contribution in [2.45, 2.75) is 51.6 Å². The first-order chi connectivity index (χ1) is 7.50. The van der Waals surface area contributed by atoms with Gasteiger partial charge in [0.25, 0.3) is 0 Å². The second-order valence-corrected chi connectivity index (χ2v) is 4.58. The third kappa shape index (κ3) is 3.81. The van der Waals surface area contributed by atoms with Gasteiger partial charge in [-0.05, 0) is 32.6 Å². The van der Waals surface area contributed by atoms with Crippen LogP contribution in [-0.4, -0.2) is 24.0 Å². The van der Waals surface area contributed by atoms with Crippen LogP contribution in [0, 0.1) is 5.92 Å². The predicted octanol–water partition coefficient (Wildman–Crippen LogP) is 0.738. The van der Waals surface area contributed by atoms with E-state index in [-0.39, 0.29) is 11.9 Å². The lowest BCUT2D eigenvalue weighted by Crippen LogP contribution is -2.50. The molecular formula is C11H21N3O2. The fourth-order valence-corrected chi connectivity index (χ4v) is 2.29. The molecule has 5 nitrogen and oxygen atoms in total. The van der Waals surface area contributed by atoms with Gasteiger partial charge < -0.3 is 11.1 Å². The molecule has 0 heterocycles. The van der Waals surface area contributed by atoms with Crippen molar-refractivity contribution in [3.05, 3.63) is 0 Å². The number of nitrogens with two attached hydrogens (primary N) is 1. The Hall–Kier alpha value is -1.10. The van der Waals surface area contributed by atoms with Gasteiger partial charge in [0, 0.05) is 6.04 Å². The van der Waals surface area contributed by atoms with Gasteiger partial charge in [0.1, 0.15) is 0 Å². The van der Waals surface area contributed by atoms with Crippen molar-refractivity contribution in [2.24, 2.45) is 11.7 Å². The van der Waals surface area contributed by atoms with E-state index in [1.807, 2.05) is 0 Å². The lowest BCUT2D eigenvalue weighted by molar-refractivity contribution is -0.121. The van der Waals surface area contributed by atoms with Gasteiger partial charge >= 0.3 is 6.03 Å². The maximum Gasteiger partial charge on any atom is 0.318 e. The number of primary amides is 1. The number of hydrogen-bond donors (Lipinski definition) is 3. The molecule has 0 bridgehead atoms. The van der Waals surface area contributed by atoms with Crippen molar-refractivity contribution < 1.29 is 9.59 Å². The number of imide groups is 1. The number of amides is 3. The van der Waals surface area contributed by atoms with E-state index in [4.69, 9.17) is 5.73 Å². The summed E-state index contributed by atoms with van der Waals surface area (Å²) >= 11 is 0. The minimum atomic E-state index is -0.799. The Morgan fingerprint density at radius 1 is 1.25 bits per heavy atom. The van der Waals surface area contributed by atoms with E-state index in [1.165, 1.54) is 25.7 Å². The molecule has 16 heavy (non-hydrogen) atoms. The molecule has 0 spiro atoms. The first kappa shape index (κ1) is 13.0. The van der Waals surface area contributed by atoms with E-state index in [0.717, 1.165) is 0 Å². The highest BCUT2D eigenvalue weighted by molar-refractivity contribution is 5.96. The zero-order chi connectivity index (χ0) is 12.1. The molecule has 2 unspecified atom stereocenters. The maximum atomic E-state index is 11.4. The topological polar surface area (TPSA) is 84.2 Å². The van der Waals surface area contributed by atoms with Gasteiger partial charge in [0.2, 0.25) is 5.91 Å². The molecular weight excluding hydrogens is 206 g/mol. The van der Waals surface area contributed by atoms with Crippen LogP contribution in [-0.2, 0) is 4.79 Å².